The number of hydrogen-bond acceptors (Lipinski definition) is 4. The summed E-state index contributed by atoms with van der Waals surface area (Å²) in [7, 11) is 0. The van der Waals surface area contributed by atoms with E-state index in [-0.39, 0.29) is 27.1 Å². The van der Waals surface area contributed by atoms with E-state index in [0.717, 1.165) is 55.6 Å². The smallest absolute Gasteiger partial charge is 0.178 e. The molecule has 4 aliphatic rings. The minimum absolute atomic E-state index is 0.0496. The number of aliphatic hydroxyl groups is 1. The van der Waals surface area contributed by atoms with E-state index < -0.39 is 17.2 Å². The summed E-state index contributed by atoms with van der Waals surface area (Å²) >= 11 is 4.16. The second-order valence-corrected chi connectivity index (χ2v) is 13.3. The van der Waals surface area contributed by atoms with Gasteiger partial charge in [-0.25, -0.2) is 4.39 Å². The molecule has 6 atom stereocenters. The number of ketones is 1. The molecule has 0 aliphatic heterocycles. The highest BCUT2D eigenvalue weighted by molar-refractivity contribution is 8.18. The molecule has 0 radical (unpaired) electrons. The first-order chi connectivity index (χ1) is 14.2. The number of aliphatic hydroxyl groups excluding tert-OH is 1. The Labute approximate surface area is 189 Å². The molecule has 0 saturated heterocycles. The number of fused-ring (bicyclic) bond motifs is 5. The van der Waals surface area contributed by atoms with Gasteiger partial charge in [0.2, 0.25) is 0 Å². The van der Waals surface area contributed by atoms with E-state index in [9.17, 15) is 9.90 Å². The molecule has 2 nitrogen and oxygen atoms in total. The molecule has 0 bridgehead atoms. The van der Waals surface area contributed by atoms with Gasteiger partial charge in [-0.2, -0.15) is 0 Å². The van der Waals surface area contributed by atoms with E-state index in [0.29, 0.717) is 6.42 Å². The Balaban J connectivity index is 1.74. The van der Waals surface area contributed by atoms with Crippen LogP contribution in [0.15, 0.2) is 23.8 Å². The first-order valence-corrected chi connectivity index (χ1v) is 13.7. The summed E-state index contributed by atoms with van der Waals surface area (Å²) < 4.78 is 17.2. The van der Waals surface area contributed by atoms with Crippen LogP contribution >= 0.6 is 23.5 Å². The van der Waals surface area contributed by atoms with Gasteiger partial charge in [-0.05, 0) is 86.9 Å². The molecular formula is C25H37FO2S2. The monoisotopic (exact) mass is 452 g/mol. The van der Waals surface area contributed by atoms with Crippen molar-refractivity contribution in [3.63, 3.8) is 0 Å². The Bertz CT molecular complexity index is 756. The normalized spacial score (nSPS) is 44.3. The molecule has 3 saturated carbocycles. The number of thioether (sulfide) groups is 2. The van der Waals surface area contributed by atoms with Crippen molar-refractivity contribution in [1.29, 1.82) is 0 Å². The zero-order chi connectivity index (χ0) is 21.8. The molecule has 5 heteroatoms. The van der Waals surface area contributed by atoms with E-state index in [1.54, 1.807) is 12.2 Å². The van der Waals surface area contributed by atoms with Crippen molar-refractivity contribution < 1.29 is 14.3 Å². The Morgan fingerprint density at radius 2 is 1.80 bits per heavy atom. The van der Waals surface area contributed by atoms with Crippen LogP contribution < -0.4 is 0 Å². The molecule has 30 heavy (non-hydrogen) atoms. The number of alkyl halides is 1. The summed E-state index contributed by atoms with van der Waals surface area (Å²) in [6.45, 7) is 8.73. The van der Waals surface area contributed by atoms with Crippen LogP contribution in [0.1, 0.15) is 72.6 Å². The zero-order valence-corrected chi connectivity index (χ0v) is 20.5. The third-order valence-electron chi connectivity index (χ3n) is 8.76. The molecule has 4 aliphatic carbocycles. The average molecular weight is 453 g/mol. The molecule has 3 fully saturated rings. The van der Waals surface area contributed by atoms with Crippen molar-refractivity contribution in [2.75, 3.05) is 11.5 Å². The SMILES string of the molecule is CCCSC1(SCCC)CC[C@H]2[C@@H]3CCC4=CC(=O)C=C[C@]4(C)[C@@]3(F)[C@@H](O)C[C@@]21C. The van der Waals surface area contributed by atoms with Crippen molar-refractivity contribution in [3.8, 4) is 0 Å². The lowest BCUT2D eigenvalue weighted by Crippen LogP contribution is -2.67. The van der Waals surface area contributed by atoms with Gasteiger partial charge in [-0.1, -0.05) is 32.4 Å². The maximum atomic E-state index is 17.2. The van der Waals surface area contributed by atoms with E-state index in [1.807, 2.05) is 6.92 Å². The Hall–Kier alpha value is -0.260. The van der Waals surface area contributed by atoms with Crippen molar-refractivity contribution in [2.45, 2.75) is 88.5 Å². The number of hydrogen-bond donors (Lipinski definition) is 1. The highest BCUT2D eigenvalue weighted by Crippen LogP contribution is 2.74. The van der Waals surface area contributed by atoms with Gasteiger partial charge in [0.1, 0.15) is 0 Å². The van der Waals surface area contributed by atoms with Crippen LogP contribution in [0, 0.1) is 22.7 Å². The Morgan fingerprint density at radius 1 is 1.13 bits per heavy atom. The fraction of sp³-hybridized carbons (Fsp3) is 0.800. The van der Waals surface area contributed by atoms with Gasteiger partial charge in [0, 0.05) is 11.3 Å². The number of carbonyl (C=O) groups excluding carboxylic acids is 1. The van der Waals surface area contributed by atoms with Gasteiger partial charge < -0.3 is 5.11 Å². The van der Waals surface area contributed by atoms with Crippen LogP contribution in [0.5, 0.6) is 0 Å². The van der Waals surface area contributed by atoms with Gasteiger partial charge in [-0.3, -0.25) is 4.79 Å². The number of halogens is 1. The molecule has 0 spiro atoms. The number of carbonyl (C=O) groups is 1. The summed E-state index contributed by atoms with van der Waals surface area (Å²) in [5.41, 5.74) is -1.76. The summed E-state index contributed by atoms with van der Waals surface area (Å²) in [5, 5.41) is 11.5. The molecule has 0 aromatic carbocycles. The van der Waals surface area contributed by atoms with Crippen LogP contribution in [-0.4, -0.2) is 38.2 Å². The average Bonchev–Trinajstić information content (AvgIpc) is 2.99. The van der Waals surface area contributed by atoms with Gasteiger partial charge in [-0.15, -0.1) is 23.5 Å². The summed E-state index contributed by atoms with van der Waals surface area (Å²) in [6, 6.07) is 0. The van der Waals surface area contributed by atoms with Gasteiger partial charge >= 0.3 is 0 Å². The highest BCUT2D eigenvalue weighted by Gasteiger charge is 2.73. The maximum Gasteiger partial charge on any atom is 0.178 e. The van der Waals surface area contributed by atoms with Gasteiger partial charge in [0.15, 0.2) is 11.5 Å². The maximum absolute atomic E-state index is 17.2. The lowest BCUT2D eigenvalue weighted by Gasteiger charge is -2.63. The van der Waals surface area contributed by atoms with Crippen LogP contribution in [0.3, 0.4) is 0 Å². The number of rotatable bonds is 6. The Morgan fingerprint density at radius 3 is 2.43 bits per heavy atom. The standard InChI is InChI=1S/C25H37FO2S2/c1-5-13-29-24(30-14-6-2)12-10-19-20-8-7-17-15-18(27)9-11-22(17,3)25(20,26)21(28)16-23(19,24)4/h9,11,15,19-21,28H,5-8,10,12-14,16H2,1-4H3/t19-,20-,21-,22-,23-,25-/m0/s1. The second-order valence-electron chi connectivity index (χ2n) is 10.3. The molecule has 0 aromatic rings. The molecule has 0 heterocycles. The fourth-order valence-corrected chi connectivity index (χ4v) is 10.8. The topological polar surface area (TPSA) is 37.3 Å². The summed E-state index contributed by atoms with van der Waals surface area (Å²) in [4.78, 5) is 12.0. The van der Waals surface area contributed by atoms with E-state index in [2.05, 4.69) is 44.3 Å². The molecule has 168 valence electrons. The van der Waals surface area contributed by atoms with Crippen LogP contribution in [0.25, 0.3) is 0 Å². The van der Waals surface area contributed by atoms with Crippen LogP contribution in [-0.2, 0) is 4.79 Å². The van der Waals surface area contributed by atoms with Crippen molar-refractivity contribution in [2.24, 2.45) is 22.7 Å². The van der Waals surface area contributed by atoms with E-state index in [1.165, 1.54) is 6.08 Å². The van der Waals surface area contributed by atoms with Crippen molar-refractivity contribution in [1.82, 2.24) is 0 Å². The zero-order valence-electron chi connectivity index (χ0n) is 18.9. The third-order valence-corrected chi connectivity index (χ3v) is 13.0. The minimum atomic E-state index is -1.70. The molecule has 0 amide bonds. The van der Waals surface area contributed by atoms with Crippen molar-refractivity contribution in [3.05, 3.63) is 23.8 Å². The fourth-order valence-electron chi connectivity index (χ4n) is 7.21. The van der Waals surface area contributed by atoms with Crippen molar-refractivity contribution >= 4 is 29.3 Å². The highest BCUT2D eigenvalue weighted by atomic mass is 32.2. The first kappa shape index (κ1) is 22.9. The summed E-state index contributed by atoms with van der Waals surface area (Å²) in [6.07, 6.45) is 10.4. The lowest BCUT2D eigenvalue weighted by atomic mass is 9.46. The van der Waals surface area contributed by atoms with Crippen LogP contribution in [0.2, 0.25) is 0 Å². The van der Waals surface area contributed by atoms with E-state index >= 15 is 4.39 Å². The van der Waals surface area contributed by atoms with Crippen LogP contribution in [0.4, 0.5) is 4.39 Å². The largest absolute Gasteiger partial charge is 0.390 e. The lowest BCUT2D eigenvalue weighted by molar-refractivity contribution is -0.189. The first-order valence-electron chi connectivity index (χ1n) is 11.8. The molecule has 0 aromatic heterocycles. The van der Waals surface area contributed by atoms with E-state index in [4.69, 9.17) is 0 Å². The predicted octanol–water partition coefficient (Wildman–Crippen LogP) is 6.34. The quantitative estimate of drug-likeness (QED) is 0.477. The third kappa shape index (κ3) is 2.97. The van der Waals surface area contributed by atoms with Gasteiger partial charge in [0.25, 0.3) is 0 Å². The molecule has 0 unspecified atom stereocenters. The number of allylic oxidation sites excluding steroid dienone is 4. The molecule has 1 N–H and O–H groups in total. The molecule has 4 rings (SSSR count). The summed E-state index contributed by atoms with van der Waals surface area (Å²) in [5.74, 6) is 2.32. The minimum Gasteiger partial charge on any atom is -0.390 e. The second kappa shape index (κ2) is 7.95. The molecular weight excluding hydrogens is 415 g/mol. The Kier molecular flexibility index (Phi) is 6.07. The van der Waals surface area contributed by atoms with Gasteiger partial charge in [0.05, 0.1) is 10.2 Å². The predicted molar refractivity (Wildman–Crippen MR) is 127 cm³/mol.